The molecule has 1 aliphatic rings. The third kappa shape index (κ3) is 2.60. The fourth-order valence-corrected chi connectivity index (χ4v) is 2.23. The molecule has 0 bridgehead atoms. The number of ketones is 1. The lowest BCUT2D eigenvalue weighted by Crippen LogP contribution is -2.31. The molecule has 86 valence electrons. The molecule has 1 aromatic rings. The minimum Gasteiger partial charge on any atom is -0.356 e. The van der Waals surface area contributed by atoms with Gasteiger partial charge in [-0.25, -0.2) is 4.98 Å². The third-order valence-electron chi connectivity index (χ3n) is 2.96. The highest BCUT2D eigenvalue weighted by Crippen LogP contribution is 2.21. The average Bonchev–Trinajstić information content (AvgIpc) is 2.30. The molecular weight excluding hydrogens is 200 g/mol. The number of anilines is 1. The SMILES string of the molecule is CC(=O)Cc1cccnc1N1CCCCC1. The predicted molar refractivity (Wildman–Crippen MR) is 64.7 cm³/mol. The summed E-state index contributed by atoms with van der Waals surface area (Å²) in [6, 6.07) is 3.92. The number of hydrogen-bond donors (Lipinski definition) is 0. The van der Waals surface area contributed by atoms with Gasteiger partial charge in [-0.3, -0.25) is 4.79 Å². The van der Waals surface area contributed by atoms with Gasteiger partial charge < -0.3 is 4.90 Å². The molecule has 1 aliphatic heterocycles. The molecule has 0 saturated carbocycles. The summed E-state index contributed by atoms with van der Waals surface area (Å²) in [6.07, 6.45) is 6.09. The van der Waals surface area contributed by atoms with Crippen LogP contribution in [0.4, 0.5) is 5.82 Å². The van der Waals surface area contributed by atoms with Crippen LogP contribution in [0.15, 0.2) is 18.3 Å². The first-order valence-corrected chi connectivity index (χ1v) is 5.95. The van der Waals surface area contributed by atoms with Crippen molar-refractivity contribution < 1.29 is 4.79 Å². The molecule has 1 saturated heterocycles. The molecule has 0 N–H and O–H groups in total. The molecule has 2 rings (SSSR count). The van der Waals surface area contributed by atoms with Crippen molar-refractivity contribution in [2.75, 3.05) is 18.0 Å². The van der Waals surface area contributed by atoms with Crippen molar-refractivity contribution in [2.45, 2.75) is 32.6 Å². The second-order valence-corrected chi connectivity index (χ2v) is 4.41. The Balaban J connectivity index is 2.20. The lowest BCUT2D eigenvalue weighted by molar-refractivity contribution is -0.116. The van der Waals surface area contributed by atoms with Crippen molar-refractivity contribution in [1.82, 2.24) is 4.98 Å². The van der Waals surface area contributed by atoms with E-state index >= 15 is 0 Å². The molecule has 0 aromatic carbocycles. The van der Waals surface area contributed by atoms with Gasteiger partial charge in [0.15, 0.2) is 0 Å². The summed E-state index contributed by atoms with van der Waals surface area (Å²) < 4.78 is 0. The van der Waals surface area contributed by atoms with Crippen LogP contribution >= 0.6 is 0 Å². The molecule has 0 unspecified atom stereocenters. The maximum atomic E-state index is 11.2. The summed E-state index contributed by atoms with van der Waals surface area (Å²) in [6.45, 7) is 3.77. The Bertz CT molecular complexity index is 370. The van der Waals surface area contributed by atoms with Crippen LogP contribution in [-0.2, 0) is 11.2 Å². The zero-order valence-corrected chi connectivity index (χ0v) is 9.78. The zero-order valence-electron chi connectivity index (χ0n) is 9.78. The second kappa shape index (κ2) is 5.10. The van der Waals surface area contributed by atoms with Crippen LogP contribution in [0.5, 0.6) is 0 Å². The van der Waals surface area contributed by atoms with Crippen molar-refractivity contribution in [2.24, 2.45) is 0 Å². The maximum Gasteiger partial charge on any atom is 0.134 e. The quantitative estimate of drug-likeness (QED) is 0.779. The van der Waals surface area contributed by atoms with E-state index in [9.17, 15) is 4.79 Å². The van der Waals surface area contributed by atoms with Gasteiger partial charge in [0.1, 0.15) is 11.6 Å². The molecule has 16 heavy (non-hydrogen) atoms. The van der Waals surface area contributed by atoms with Crippen LogP contribution < -0.4 is 4.90 Å². The Kier molecular flexibility index (Phi) is 3.54. The number of carbonyl (C=O) groups is 1. The Morgan fingerprint density at radius 3 is 2.81 bits per heavy atom. The molecule has 1 fully saturated rings. The Hall–Kier alpha value is -1.38. The number of Topliss-reactive ketones (excluding diaryl/α,β-unsaturated/α-hetero) is 1. The van der Waals surface area contributed by atoms with Crippen LogP contribution in [0.1, 0.15) is 31.7 Å². The smallest absolute Gasteiger partial charge is 0.134 e. The molecule has 3 nitrogen and oxygen atoms in total. The van der Waals surface area contributed by atoms with Gasteiger partial charge >= 0.3 is 0 Å². The molecule has 3 heteroatoms. The van der Waals surface area contributed by atoms with Gasteiger partial charge in [0, 0.05) is 31.3 Å². The first-order valence-electron chi connectivity index (χ1n) is 5.95. The Morgan fingerprint density at radius 2 is 2.12 bits per heavy atom. The number of pyridine rings is 1. The van der Waals surface area contributed by atoms with E-state index in [1.54, 1.807) is 6.92 Å². The zero-order chi connectivity index (χ0) is 11.4. The topological polar surface area (TPSA) is 33.2 Å². The van der Waals surface area contributed by atoms with Crippen molar-refractivity contribution in [3.63, 3.8) is 0 Å². The summed E-state index contributed by atoms with van der Waals surface area (Å²) in [4.78, 5) is 17.9. The fourth-order valence-electron chi connectivity index (χ4n) is 2.23. The summed E-state index contributed by atoms with van der Waals surface area (Å²) in [7, 11) is 0. The van der Waals surface area contributed by atoms with Crippen molar-refractivity contribution in [1.29, 1.82) is 0 Å². The number of piperidine rings is 1. The van der Waals surface area contributed by atoms with Gasteiger partial charge in [-0.15, -0.1) is 0 Å². The molecule has 0 aliphatic carbocycles. The van der Waals surface area contributed by atoms with E-state index in [0.29, 0.717) is 6.42 Å². The Morgan fingerprint density at radius 1 is 1.38 bits per heavy atom. The van der Waals surface area contributed by atoms with Gasteiger partial charge in [0.25, 0.3) is 0 Å². The normalized spacial score (nSPS) is 16.2. The summed E-state index contributed by atoms with van der Waals surface area (Å²) >= 11 is 0. The number of nitrogens with zero attached hydrogens (tertiary/aromatic N) is 2. The largest absolute Gasteiger partial charge is 0.356 e. The molecule has 0 amide bonds. The van der Waals surface area contributed by atoms with Crippen molar-refractivity contribution in [3.05, 3.63) is 23.9 Å². The molecule has 2 heterocycles. The average molecular weight is 218 g/mol. The van der Waals surface area contributed by atoms with Crippen LogP contribution in [0.2, 0.25) is 0 Å². The van der Waals surface area contributed by atoms with E-state index in [4.69, 9.17) is 0 Å². The van der Waals surface area contributed by atoms with Gasteiger partial charge in [0.05, 0.1) is 0 Å². The van der Waals surface area contributed by atoms with E-state index in [1.165, 1.54) is 19.3 Å². The monoisotopic (exact) mass is 218 g/mol. The molecular formula is C13H18N2O. The predicted octanol–water partition coefficient (Wildman–Crippen LogP) is 2.20. The van der Waals surface area contributed by atoms with Crippen molar-refractivity contribution >= 4 is 11.6 Å². The molecule has 0 atom stereocenters. The van der Waals surface area contributed by atoms with Gasteiger partial charge in [-0.2, -0.15) is 0 Å². The van der Waals surface area contributed by atoms with E-state index in [2.05, 4.69) is 9.88 Å². The molecule has 0 spiro atoms. The number of carbonyl (C=O) groups excluding carboxylic acids is 1. The fraction of sp³-hybridized carbons (Fsp3) is 0.538. The lowest BCUT2D eigenvalue weighted by atomic mass is 10.1. The molecule has 1 aromatic heterocycles. The highest BCUT2D eigenvalue weighted by molar-refractivity contribution is 5.79. The van der Waals surface area contributed by atoms with Gasteiger partial charge in [-0.1, -0.05) is 6.07 Å². The third-order valence-corrected chi connectivity index (χ3v) is 2.96. The maximum absolute atomic E-state index is 11.2. The van der Waals surface area contributed by atoms with Crippen LogP contribution in [-0.4, -0.2) is 23.9 Å². The lowest BCUT2D eigenvalue weighted by Gasteiger charge is -2.29. The minimum absolute atomic E-state index is 0.200. The van der Waals surface area contributed by atoms with Crippen LogP contribution in [0.25, 0.3) is 0 Å². The van der Waals surface area contributed by atoms with E-state index in [1.807, 2.05) is 18.3 Å². The second-order valence-electron chi connectivity index (χ2n) is 4.41. The van der Waals surface area contributed by atoms with Crippen LogP contribution in [0, 0.1) is 0 Å². The highest BCUT2D eigenvalue weighted by Gasteiger charge is 2.15. The first kappa shape index (κ1) is 11.1. The standard InChI is InChI=1S/C13H18N2O/c1-11(16)10-12-6-5-7-14-13(12)15-8-3-2-4-9-15/h5-7H,2-4,8-10H2,1H3. The summed E-state index contributed by atoms with van der Waals surface area (Å²) in [5.74, 6) is 1.21. The van der Waals surface area contributed by atoms with Gasteiger partial charge in [0.2, 0.25) is 0 Å². The first-order chi connectivity index (χ1) is 7.77. The highest BCUT2D eigenvalue weighted by atomic mass is 16.1. The number of aromatic nitrogens is 1. The molecule has 0 radical (unpaired) electrons. The van der Waals surface area contributed by atoms with Gasteiger partial charge in [-0.05, 0) is 32.3 Å². The number of rotatable bonds is 3. The van der Waals surface area contributed by atoms with E-state index in [0.717, 1.165) is 24.5 Å². The van der Waals surface area contributed by atoms with Crippen LogP contribution in [0.3, 0.4) is 0 Å². The summed E-state index contributed by atoms with van der Waals surface area (Å²) in [5.41, 5.74) is 1.07. The minimum atomic E-state index is 0.200. The van der Waals surface area contributed by atoms with E-state index < -0.39 is 0 Å². The Labute approximate surface area is 96.5 Å². The summed E-state index contributed by atoms with van der Waals surface area (Å²) in [5, 5.41) is 0. The number of hydrogen-bond acceptors (Lipinski definition) is 3. The van der Waals surface area contributed by atoms with E-state index in [-0.39, 0.29) is 5.78 Å². The van der Waals surface area contributed by atoms with Crippen molar-refractivity contribution in [3.8, 4) is 0 Å².